The van der Waals surface area contributed by atoms with E-state index in [0.717, 1.165) is 29.1 Å². The molecule has 0 saturated heterocycles. The van der Waals surface area contributed by atoms with Crippen molar-refractivity contribution in [2.45, 2.75) is 70.4 Å². The van der Waals surface area contributed by atoms with E-state index in [9.17, 15) is 0 Å². The van der Waals surface area contributed by atoms with Crippen LogP contribution in [0.5, 0.6) is 11.5 Å². The van der Waals surface area contributed by atoms with Crippen molar-refractivity contribution in [2.24, 2.45) is 17.8 Å². The summed E-state index contributed by atoms with van der Waals surface area (Å²) in [6, 6.07) is 4.02. The Labute approximate surface area is 191 Å². The van der Waals surface area contributed by atoms with E-state index in [4.69, 9.17) is 34.8 Å². The Kier molecular flexibility index (Phi) is 7.31. The van der Waals surface area contributed by atoms with Crippen LogP contribution >= 0.6 is 0 Å². The van der Waals surface area contributed by atoms with Gasteiger partial charge in [0.25, 0.3) is 0 Å². The largest absolute Gasteiger partial charge is 0.467 e. The summed E-state index contributed by atoms with van der Waals surface area (Å²) >= 11 is 0. The third-order valence-electron chi connectivity index (χ3n) is 7.55. The van der Waals surface area contributed by atoms with Gasteiger partial charge in [0.15, 0.2) is 26.2 Å². The molecule has 0 radical (unpaired) electrons. The molecule has 0 amide bonds. The van der Waals surface area contributed by atoms with Crippen molar-refractivity contribution in [1.29, 1.82) is 0 Å². The first-order valence-electron chi connectivity index (χ1n) is 11.7. The number of ether oxygens (including phenoxy) is 6. The number of rotatable bonds is 11. The van der Waals surface area contributed by atoms with Crippen LogP contribution in [-0.2, 0) is 24.4 Å². The van der Waals surface area contributed by atoms with E-state index >= 15 is 0 Å². The molecule has 1 aromatic rings. The summed E-state index contributed by atoms with van der Waals surface area (Å²) in [6.07, 6.45) is 13.0. The predicted octanol–water partition coefficient (Wildman–Crippen LogP) is 4.83. The van der Waals surface area contributed by atoms with Crippen LogP contribution < -0.4 is 9.47 Å². The average Bonchev–Trinajstić information content (AvgIpc) is 2.77. The molecule has 5 rings (SSSR count). The lowest BCUT2D eigenvalue weighted by Gasteiger charge is -2.57. The van der Waals surface area contributed by atoms with Crippen molar-refractivity contribution >= 4 is 0 Å². The normalized spacial score (nSPS) is 30.0. The Bertz CT molecular complexity index is 793. The molecule has 4 aliphatic carbocycles. The van der Waals surface area contributed by atoms with E-state index in [1.807, 2.05) is 19.9 Å². The highest BCUT2D eigenvalue weighted by Crippen LogP contribution is 2.62. The van der Waals surface area contributed by atoms with Crippen molar-refractivity contribution in [3.05, 3.63) is 23.3 Å². The minimum absolute atomic E-state index is 0.0387. The molecule has 0 heterocycles. The molecule has 176 valence electrons. The van der Waals surface area contributed by atoms with Crippen LogP contribution in [0.4, 0.5) is 0 Å². The molecule has 4 saturated carbocycles. The third-order valence-corrected chi connectivity index (χ3v) is 7.55. The molecule has 6 heteroatoms. The minimum atomic E-state index is -0.366. The fraction of sp³-hybridized carbons (Fsp3) is 0.692. The van der Waals surface area contributed by atoms with Gasteiger partial charge in [-0.3, -0.25) is 0 Å². The third kappa shape index (κ3) is 4.92. The Morgan fingerprint density at radius 2 is 1.38 bits per heavy atom. The van der Waals surface area contributed by atoms with Crippen LogP contribution in [0, 0.1) is 30.1 Å². The Balaban J connectivity index is 1.62. The smallest absolute Gasteiger partial charge is 0.192 e. The van der Waals surface area contributed by atoms with Crippen molar-refractivity contribution in [1.82, 2.24) is 0 Å². The predicted molar refractivity (Wildman–Crippen MR) is 120 cm³/mol. The molecule has 1 aromatic carbocycles. The molecule has 0 N–H and O–H groups in total. The van der Waals surface area contributed by atoms with Crippen molar-refractivity contribution in [3.63, 3.8) is 0 Å². The van der Waals surface area contributed by atoms with Gasteiger partial charge in [0.1, 0.15) is 11.5 Å². The minimum Gasteiger partial charge on any atom is -0.467 e. The second-order valence-electron chi connectivity index (χ2n) is 9.65. The zero-order valence-electron chi connectivity index (χ0n) is 19.7. The van der Waals surface area contributed by atoms with Crippen LogP contribution in [0.2, 0.25) is 0 Å². The van der Waals surface area contributed by atoms with Gasteiger partial charge >= 0.3 is 0 Å². The van der Waals surface area contributed by atoms with Gasteiger partial charge in [-0.2, -0.15) is 0 Å². The zero-order valence-corrected chi connectivity index (χ0v) is 19.7. The van der Waals surface area contributed by atoms with E-state index < -0.39 is 0 Å². The average molecular weight is 445 g/mol. The lowest BCUT2D eigenvalue weighted by Crippen LogP contribution is -2.48. The SMILES string of the molecule is C#Cc1cc(C23CC4CC(CC(C4)C2)C3)c(OCOC(C)OC)cc1OCOC(C)OC. The van der Waals surface area contributed by atoms with E-state index in [0.29, 0.717) is 5.75 Å². The lowest BCUT2D eigenvalue weighted by molar-refractivity contribution is -0.150. The van der Waals surface area contributed by atoms with Gasteiger partial charge in [-0.25, -0.2) is 0 Å². The van der Waals surface area contributed by atoms with Crippen LogP contribution in [0.1, 0.15) is 63.5 Å². The Morgan fingerprint density at radius 1 is 0.875 bits per heavy atom. The van der Waals surface area contributed by atoms with Gasteiger partial charge in [0, 0.05) is 25.8 Å². The summed E-state index contributed by atoms with van der Waals surface area (Å²) in [4.78, 5) is 0. The highest BCUT2D eigenvalue weighted by atomic mass is 16.7. The van der Waals surface area contributed by atoms with Crippen LogP contribution in [0.15, 0.2) is 12.1 Å². The number of terminal acetylenes is 1. The number of benzene rings is 1. The van der Waals surface area contributed by atoms with E-state index in [2.05, 4.69) is 12.0 Å². The maximum absolute atomic E-state index is 6.17. The first-order chi connectivity index (χ1) is 15.5. The molecule has 0 spiro atoms. The highest BCUT2D eigenvalue weighted by molar-refractivity contribution is 5.56. The number of hydrogen-bond donors (Lipinski definition) is 0. The quantitative estimate of drug-likeness (QED) is 0.360. The molecular weight excluding hydrogens is 408 g/mol. The molecule has 32 heavy (non-hydrogen) atoms. The second-order valence-corrected chi connectivity index (χ2v) is 9.65. The molecule has 2 atom stereocenters. The molecule has 2 unspecified atom stereocenters. The van der Waals surface area contributed by atoms with E-state index in [-0.39, 0.29) is 31.6 Å². The summed E-state index contributed by atoms with van der Waals surface area (Å²) in [7, 11) is 3.20. The van der Waals surface area contributed by atoms with Gasteiger partial charge < -0.3 is 28.4 Å². The molecule has 4 fully saturated rings. The molecule has 0 aliphatic heterocycles. The Morgan fingerprint density at radius 3 is 1.84 bits per heavy atom. The summed E-state index contributed by atoms with van der Waals surface area (Å²) in [5.74, 6) is 6.60. The van der Waals surface area contributed by atoms with Crippen LogP contribution in [0.3, 0.4) is 0 Å². The monoisotopic (exact) mass is 444 g/mol. The van der Waals surface area contributed by atoms with Gasteiger partial charge in [0.2, 0.25) is 0 Å². The first kappa shape index (κ1) is 23.4. The van der Waals surface area contributed by atoms with Crippen molar-refractivity contribution < 1.29 is 28.4 Å². The summed E-state index contributed by atoms with van der Waals surface area (Å²) in [6.45, 7) is 3.79. The highest BCUT2D eigenvalue weighted by Gasteiger charge is 2.52. The second kappa shape index (κ2) is 10.0. The summed E-state index contributed by atoms with van der Waals surface area (Å²) in [5.41, 5.74) is 2.06. The molecule has 6 nitrogen and oxygen atoms in total. The van der Waals surface area contributed by atoms with Gasteiger partial charge in [-0.05, 0) is 81.6 Å². The number of hydrogen-bond acceptors (Lipinski definition) is 6. The van der Waals surface area contributed by atoms with Gasteiger partial charge in [0.05, 0.1) is 5.56 Å². The fourth-order valence-corrected chi connectivity index (χ4v) is 6.29. The fourth-order valence-electron chi connectivity index (χ4n) is 6.29. The molecule has 4 bridgehead atoms. The van der Waals surface area contributed by atoms with E-state index in [1.165, 1.54) is 44.1 Å². The Hall–Kier alpha value is -1.78. The molecular formula is C26H36O6. The molecule has 4 aliphatic rings. The van der Waals surface area contributed by atoms with E-state index in [1.54, 1.807) is 14.2 Å². The van der Waals surface area contributed by atoms with Gasteiger partial charge in [-0.1, -0.05) is 5.92 Å². The first-order valence-corrected chi connectivity index (χ1v) is 11.7. The van der Waals surface area contributed by atoms with Crippen molar-refractivity contribution in [2.75, 3.05) is 27.8 Å². The summed E-state index contributed by atoms with van der Waals surface area (Å²) in [5, 5.41) is 0. The summed E-state index contributed by atoms with van der Waals surface area (Å²) < 4.78 is 33.5. The topological polar surface area (TPSA) is 55.4 Å². The van der Waals surface area contributed by atoms with Gasteiger partial charge in [-0.15, -0.1) is 6.42 Å². The maximum Gasteiger partial charge on any atom is 0.192 e. The zero-order chi connectivity index (χ0) is 22.7. The maximum atomic E-state index is 6.17. The van der Waals surface area contributed by atoms with Crippen LogP contribution in [0.25, 0.3) is 0 Å². The van der Waals surface area contributed by atoms with Crippen LogP contribution in [-0.4, -0.2) is 40.4 Å². The number of methoxy groups -OCH3 is 2. The standard InChI is InChI=1S/C26H36O6/c1-6-22-10-23(26-12-19-7-20(13-26)9-21(8-19)14-26)25(32-16-30-18(3)28-5)11-24(22)31-15-29-17(2)27-4/h1,10-11,17-21H,7-9,12-16H2,2-5H3. The lowest BCUT2D eigenvalue weighted by atomic mass is 9.48. The molecule has 0 aromatic heterocycles. The van der Waals surface area contributed by atoms with Crippen molar-refractivity contribution in [3.8, 4) is 23.8 Å².